The van der Waals surface area contributed by atoms with Gasteiger partial charge in [-0.25, -0.2) is 0 Å². The zero-order valence-electron chi connectivity index (χ0n) is 12.0. The van der Waals surface area contributed by atoms with Crippen LogP contribution in [0.1, 0.15) is 47.0 Å². The van der Waals surface area contributed by atoms with Crippen molar-refractivity contribution in [2.45, 2.75) is 47.0 Å². The predicted octanol–water partition coefficient (Wildman–Crippen LogP) is 4.46. The Kier molecular flexibility index (Phi) is 3.12. The van der Waals surface area contributed by atoms with Gasteiger partial charge in [0.15, 0.2) is 5.78 Å². The van der Waals surface area contributed by atoms with Crippen LogP contribution < -0.4 is 0 Å². The van der Waals surface area contributed by atoms with Crippen LogP contribution in [0.4, 0.5) is 0 Å². The van der Waals surface area contributed by atoms with Crippen molar-refractivity contribution in [3.63, 3.8) is 0 Å². The number of fused-ring (bicyclic) bond motifs is 1. The van der Waals surface area contributed by atoms with Crippen molar-refractivity contribution in [3.05, 3.63) is 36.0 Å². The van der Waals surface area contributed by atoms with Crippen molar-refractivity contribution in [3.8, 4) is 0 Å². The minimum atomic E-state index is -0.296. The first-order valence-corrected chi connectivity index (χ1v) is 6.88. The van der Waals surface area contributed by atoms with Crippen LogP contribution in [0.25, 0.3) is 0 Å². The molecule has 0 fully saturated rings. The topological polar surface area (TPSA) is 17.1 Å². The predicted molar refractivity (Wildman–Crippen MR) is 76.3 cm³/mol. The van der Waals surface area contributed by atoms with Gasteiger partial charge in [0.1, 0.15) is 0 Å². The van der Waals surface area contributed by atoms with E-state index in [1.807, 2.05) is 12.2 Å². The fourth-order valence-electron chi connectivity index (χ4n) is 3.95. The van der Waals surface area contributed by atoms with E-state index in [1.165, 1.54) is 11.1 Å². The highest BCUT2D eigenvalue weighted by Crippen LogP contribution is 2.58. The molecule has 1 heteroatoms. The molecular formula is C17H24O. The Balaban J connectivity index is 2.60. The first-order valence-electron chi connectivity index (χ1n) is 6.88. The summed E-state index contributed by atoms with van der Waals surface area (Å²) in [5, 5.41) is 0. The molecule has 0 radical (unpaired) electrons. The van der Waals surface area contributed by atoms with Crippen molar-refractivity contribution < 1.29 is 4.79 Å². The summed E-state index contributed by atoms with van der Waals surface area (Å²) < 4.78 is 0. The number of hydrogen-bond donors (Lipinski definition) is 0. The van der Waals surface area contributed by atoms with E-state index in [1.54, 1.807) is 0 Å². The smallest absolute Gasteiger partial charge is 0.165 e. The van der Waals surface area contributed by atoms with E-state index in [2.05, 4.69) is 40.3 Å². The van der Waals surface area contributed by atoms with Crippen LogP contribution in [0.3, 0.4) is 0 Å². The highest BCUT2D eigenvalue weighted by Gasteiger charge is 2.54. The second-order valence-corrected chi connectivity index (χ2v) is 6.32. The molecule has 0 amide bonds. The van der Waals surface area contributed by atoms with E-state index in [-0.39, 0.29) is 10.8 Å². The Morgan fingerprint density at radius 2 is 2.06 bits per heavy atom. The summed E-state index contributed by atoms with van der Waals surface area (Å²) in [6, 6.07) is 0. The van der Waals surface area contributed by atoms with Gasteiger partial charge in [0.05, 0.1) is 5.41 Å². The molecule has 3 atom stereocenters. The lowest BCUT2D eigenvalue weighted by Gasteiger charge is -2.53. The van der Waals surface area contributed by atoms with E-state index >= 15 is 0 Å². The number of carbonyl (C=O) groups excluding carboxylic acids is 1. The molecule has 0 saturated carbocycles. The molecule has 0 spiro atoms. The van der Waals surface area contributed by atoms with Gasteiger partial charge in [0.2, 0.25) is 0 Å². The Hall–Kier alpha value is -1.11. The minimum Gasteiger partial charge on any atom is -0.294 e. The van der Waals surface area contributed by atoms with Crippen LogP contribution in [-0.4, -0.2) is 5.78 Å². The monoisotopic (exact) mass is 244 g/mol. The molecule has 0 saturated heterocycles. The van der Waals surface area contributed by atoms with Gasteiger partial charge in [0, 0.05) is 0 Å². The van der Waals surface area contributed by atoms with Gasteiger partial charge in [-0.15, -0.1) is 6.58 Å². The van der Waals surface area contributed by atoms with Crippen molar-refractivity contribution in [1.29, 1.82) is 0 Å². The molecule has 18 heavy (non-hydrogen) atoms. The fraction of sp³-hybridized carbons (Fsp3) is 0.588. The summed E-state index contributed by atoms with van der Waals surface area (Å²) in [7, 11) is 0. The normalized spacial score (nSPS) is 39.8. The number of allylic oxidation sites excluding steroid dienone is 5. The molecule has 0 N–H and O–H groups in total. The third-order valence-corrected chi connectivity index (χ3v) is 5.52. The molecule has 0 aromatic carbocycles. The highest BCUT2D eigenvalue weighted by atomic mass is 16.1. The van der Waals surface area contributed by atoms with E-state index in [0.29, 0.717) is 11.7 Å². The van der Waals surface area contributed by atoms with Crippen LogP contribution in [0, 0.1) is 16.7 Å². The molecule has 98 valence electrons. The van der Waals surface area contributed by atoms with Gasteiger partial charge in [-0.2, -0.15) is 0 Å². The third-order valence-electron chi connectivity index (χ3n) is 5.52. The van der Waals surface area contributed by atoms with Gasteiger partial charge >= 0.3 is 0 Å². The first-order chi connectivity index (χ1) is 8.37. The fourth-order valence-corrected chi connectivity index (χ4v) is 3.95. The molecule has 0 aliphatic heterocycles. The summed E-state index contributed by atoms with van der Waals surface area (Å²) in [5.74, 6) is 0.700. The van der Waals surface area contributed by atoms with Crippen LogP contribution in [-0.2, 0) is 4.79 Å². The van der Waals surface area contributed by atoms with E-state index in [0.717, 1.165) is 19.3 Å². The summed E-state index contributed by atoms with van der Waals surface area (Å²) in [4.78, 5) is 12.5. The van der Waals surface area contributed by atoms with E-state index in [9.17, 15) is 4.79 Å². The molecule has 0 heterocycles. The lowest BCUT2D eigenvalue weighted by atomic mass is 9.50. The van der Waals surface area contributed by atoms with Crippen LogP contribution in [0.15, 0.2) is 36.0 Å². The van der Waals surface area contributed by atoms with Crippen molar-refractivity contribution in [2.24, 2.45) is 16.7 Å². The molecule has 0 unspecified atom stereocenters. The van der Waals surface area contributed by atoms with Crippen molar-refractivity contribution in [2.75, 3.05) is 0 Å². The highest BCUT2D eigenvalue weighted by molar-refractivity contribution is 5.99. The molecule has 0 aromatic rings. The SMILES string of the molecule is C=CC[C@]1(C)C(C)=CC(=O)[C@]2(C)C(C)=CCC[C@H]21. The quantitative estimate of drug-likeness (QED) is 0.655. The minimum absolute atomic E-state index is 0.0833. The zero-order chi connectivity index (χ0) is 13.6. The van der Waals surface area contributed by atoms with Gasteiger partial charge in [0.25, 0.3) is 0 Å². The number of rotatable bonds is 2. The molecular weight excluding hydrogens is 220 g/mol. The van der Waals surface area contributed by atoms with Crippen molar-refractivity contribution >= 4 is 5.78 Å². The van der Waals surface area contributed by atoms with Gasteiger partial charge < -0.3 is 0 Å². The number of hydrogen-bond acceptors (Lipinski definition) is 1. The van der Waals surface area contributed by atoms with Crippen molar-refractivity contribution in [1.82, 2.24) is 0 Å². The lowest BCUT2D eigenvalue weighted by molar-refractivity contribution is -0.128. The number of carbonyl (C=O) groups is 1. The largest absolute Gasteiger partial charge is 0.294 e. The standard InChI is InChI=1S/C17H24O/c1-6-10-16(4)13(3)11-15(18)17(5)12(2)8-7-9-14(16)17/h6,8,11,14H,1,7,9-10H2,2-5H3/t14-,16+,17+/m0/s1. The maximum atomic E-state index is 12.5. The van der Waals surface area contributed by atoms with Gasteiger partial charge in [-0.05, 0) is 57.4 Å². The van der Waals surface area contributed by atoms with Crippen LogP contribution >= 0.6 is 0 Å². The summed E-state index contributed by atoms with van der Waals surface area (Å²) in [6.45, 7) is 12.6. The lowest BCUT2D eigenvalue weighted by Crippen LogP contribution is -2.50. The maximum Gasteiger partial charge on any atom is 0.165 e. The summed E-state index contributed by atoms with van der Waals surface area (Å²) in [5.41, 5.74) is 2.27. The third kappa shape index (κ3) is 1.56. The Bertz CT molecular complexity index is 454. The summed E-state index contributed by atoms with van der Waals surface area (Å²) in [6.07, 6.45) is 9.28. The Morgan fingerprint density at radius 1 is 1.39 bits per heavy atom. The molecule has 2 rings (SSSR count). The second-order valence-electron chi connectivity index (χ2n) is 6.32. The molecule has 2 aliphatic carbocycles. The maximum absolute atomic E-state index is 12.5. The van der Waals surface area contributed by atoms with Crippen LogP contribution in [0.5, 0.6) is 0 Å². The second kappa shape index (κ2) is 4.22. The van der Waals surface area contributed by atoms with Crippen LogP contribution in [0.2, 0.25) is 0 Å². The van der Waals surface area contributed by atoms with Gasteiger partial charge in [-0.3, -0.25) is 4.79 Å². The summed E-state index contributed by atoms with van der Waals surface area (Å²) >= 11 is 0. The Labute approximate surface area is 111 Å². The van der Waals surface area contributed by atoms with Gasteiger partial charge in [-0.1, -0.05) is 30.2 Å². The molecule has 1 nitrogen and oxygen atoms in total. The molecule has 2 aliphatic rings. The average molecular weight is 244 g/mol. The first kappa shape index (κ1) is 13.3. The molecule has 0 aromatic heterocycles. The molecule has 0 bridgehead atoms. The average Bonchev–Trinajstić information content (AvgIpc) is 2.31. The van der Waals surface area contributed by atoms with E-state index in [4.69, 9.17) is 0 Å². The number of ketones is 1. The zero-order valence-corrected chi connectivity index (χ0v) is 12.0. The van der Waals surface area contributed by atoms with E-state index < -0.39 is 0 Å². The Morgan fingerprint density at radius 3 is 2.67 bits per heavy atom.